The third-order valence-electron chi connectivity index (χ3n) is 8.89. The van der Waals surface area contributed by atoms with Crippen molar-refractivity contribution in [3.8, 4) is 22.9 Å². The summed E-state index contributed by atoms with van der Waals surface area (Å²) in [5, 5.41) is 4.38. The van der Waals surface area contributed by atoms with Crippen LogP contribution in [0.3, 0.4) is 0 Å². The van der Waals surface area contributed by atoms with Gasteiger partial charge in [-0.2, -0.15) is 0 Å². The molecule has 1 atom stereocenters. The van der Waals surface area contributed by atoms with Crippen LogP contribution in [0.4, 0.5) is 8.87 Å². The van der Waals surface area contributed by atoms with E-state index in [0.29, 0.717) is 52.2 Å². The Morgan fingerprint density at radius 3 is 2.73 bits per heavy atom. The maximum absolute atomic E-state index is 14.3. The number of pyridine rings is 3. The van der Waals surface area contributed by atoms with E-state index in [-0.39, 0.29) is 42.2 Å². The zero-order valence-electron chi connectivity index (χ0n) is 25.0. The van der Waals surface area contributed by atoms with Gasteiger partial charge in [-0.05, 0) is 62.6 Å². The number of halogens is 2. The second kappa shape index (κ2) is 11.7. The van der Waals surface area contributed by atoms with Crippen molar-refractivity contribution in [1.29, 1.82) is 0 Å². The van der Waals surface area contributed by atoms with Crippen LogP contribution in [0.2, 0.25) is 0 Å². The lowest BCUT2D eigenvalue weighted by molar-refractivity contribution is -0.0966. The molecular weight excluding hydrogens is 578 g/mol. The molecule has 4 aromatic rings. The van der Waals surface area contributed by atoms with Gasteiger partial charge in [-0.3, -0.25) is 4.79 Å². The third-order valence-corrected chi connectivity index (χ3v) is 8.89. The highest BCUT2D eigenvalue weighted by molar-refractivity contribution is 5.96. The summed E-state index contributed by atoms with van der Waals surface area (Å²) < 4.78 is 40.1. The van der Waals surface area contributed by atoms with Crippen LogP contribution in [0.25, 0.3) is 27.9 Å². The van der Waals surface area contributed by atoms with Crippen LogP contribution in [0.1, 0.15) is 42.4 Å². The first kappa shape index (κ1) is 29.1. The number of ether oxygens (including phenoxy) is 2. The van der Waals surface area contributed by atoms with E-state index in [9.17, 15) is 13.7 Å². The molecule has 1 aliphatic carbocycles. The quantitative estimate of drug-likeness (QED) is 0.250. The molecule has 1 spiro atoms. The van der Waals surface area contributed by atoms with Gasteiger partial charge in [0.25, 0.3) is 5.91 Å². The lowest BCUT2D eigenvalue weighted by atomic mass is 9.61. The van der Waals surface area contributed by atoms with Gasteiger partial charge in [0.1, 0.15) is 17.4 Å². The van der Waals surface area contributed by atoms with E-state index in [1.54, 1.807) is 30.5 Å². The van der Waals surface area contributed by atoms with Crippen molar-refractivity contribution in [3.63, 3.8) is 0 Å². The van der Waals surface area contributed by atoms with Crippen LogP contribution >= 0.6 is 0 Å². The molecule has 0 bridgehead atoms. The standard InChI is InChI=1S/C34H34F2N6O3/c1-3-44-33-25(7-5-14-37-33)28-11-12-29(31(40-28)32(43)38-23-13-15-42(36)18-23)45-24-16-34(17-24)19-41(20-34)21(2)27-10-9-22-6-4-8-26(35)30(22)39-27/h4-12,14,23-24H,2-3,13,15-20H2,1H3,(H,38,43). The Labute approximate surface area is 259 Å². The van der Waals surface area contributed by atoms with E-state index in [4.69, 9.17) is 14.5 Å². The van der Waals surface area contributed by atoms with Crippen molar-refractivity contribution >= 4 is 22.5 Å². The van der Waals surface area contributed by atoms with Crippen LogP contribution in [0, 0.1) is 11.2 Å². The second-order valence-corrected chi connectivity index (χ2v) is 12.1. The molecule has 11 heteroatoms. The first-order valence-electron chi connectivity index (χ1n) is 15.3. The summed E-state index contributed by atoms with van der Waals surface area (Å²) in [4.78, 5) is 29.2. The molecule has 5 heterocycles. The van der Waals surface area contributed by atoms with Gasteiger partial charge in [0.2, 0.25) is 5.88 Å². The summed E-state index contributed by atoms with van der Waals surface area (Å²) >= 11 is 0. The minimum atomic E-state index is -0.409. The Hall–Kier alpha value is -4.64. The molecule has 3 aliphatic rings. The number of nitrogens with zero attached hydrogens (tertiary/aromatic N) is 5. The number of carbonyl (C=O) groups excluding carboxylic acids is 1. The van der Waals surface area contributed by atoms with E-state index in [1.165, 1.54) is 6.07 Å². The van der Waals surface area contributed by atoms with Crippen LogP contribution in [-0.2, 0) is 0 Å². The fraction of sp³-hybridized carbons (Fsp3) is 0.353. The van der Waals surface area contributed by atoms with Gasteiger partial charge < -0.3 is 19.7 Å². The normalized spacial score (nSPS) is 19.3. The summed E-state index contributed by atoms with van der Waals surface area (Å²) in [6, 6.07) is 15.6. The number of rotatable bonds is 9. The largest absolute Gasteiger partial charge is 0.488 e. The monoisotopic (exact) mass is 612 g/mol. The van der Waals surface area contributed by atoms with E-state index in [0.717, 1.165) is 37.0 Å². The molecule has 1 unspecified atom stereocenters. The average molecular weight is 613 g/mol. The van der Waals surface area contributed by atoms with Crippen molar-refractivity contribution in [3.05, 3.63) is 84.6 Å². The molecule has 232 valence electrons. The van der Waals surface area contributed by atoms with E-state index in [1.807, 2.05) is 31.2 Å². The molecule has 1 N–H and O–H groups in total. The van der Waals surface area contributed by atoms with Crippen LogP contribution in [0.5, 0.6) is 11.6 Å². The van der Waals surface area contributed by atoms with Gasteiger partial charge in [-0.15, -0.1) is 9.60 Å². The lowest BCUT2D eigenvalue weighted by Crippen LogP contribution is -2.63. The van der Waals surface area contributed by atoms with Gasteiger partial charge >= 0.3 is 0 Å². The highest BCUT2D eigenvalue weighted by Gasteiger charge is 2.54. The van der Waals surface area contributed by atoms with Crippen molar-refractivity contribution < 1.29 is 23.1 Å². The first-order chi connectivity index (χ1) is 21.8. The number of para-hydroxylation sites is 1. The smallest absolute Gasteiger partial charge is 0.274 e. The Morgan fingerprint density at radius 2 is 1.96 bits per heavy atom. The number of likely N-dealkylation sites (tertiary alicyclic amines) is 1. The number of carbonyl (C=O) groups is 1. The molecule has 45 heavy (non-hydrogen) atoms. The van der Waals surface area contributed by atoms with Crippen molar-refractivity contribution in [2.24, 2.45) is 5.41 Å². The zero-order chi connectivity index (χ0) is 31.1. The summed E-state index contributed by atoms with van der Waals surface area (Å²) in [5.41, 5.74) is 3.21. The molecule has 1 aromatic carbocycles. The summed E-state index contributed by atoms with van der Waals surface area (Å²) in [6.07, 6.45) is 3.71. The Kier molecular flexibility index (Phi) is 7.56. The topological polar surface area (TPSA) is 92.7 Å². The number of nitrogens with one attached hydrogen (secondary N) is 1. The summed E-state index contributed by atoms with van der Waals surface area (Å²) in [6.45, 7) is 8.56. The highest BCUT2D eigenvalue weighted by atomic mass is 19.2. The van der Waals surface area contributed by atoms with Gasteiger partial charge in [0.15, 0.2) is 11.4 Å². The molecule has 7 rings (SSSR count). The van der Waals surface area contributed by atoms with Crippen LogP contribution < -0.4 is 14.8 Å². The number of fused-ring (bicyclic) bond motifs is 1. The van der Waals surface area contributed by atoms with E-state index < -0.39 is 5.91 Å². The van der Waals surface area contributed by atoms with Crippen LogP contribution in [-0.4, -0.2) is 75.8 Å². The fourth-order valence-corrected chi connectivity index (χ4v) is 6.60. The number of benzene rings is 1. The number of hydrogen-bond donors (Lipinski definition) is 1. The summed E-state index contributed by atoms with van der Waals surface area (Å²) in [5.74, 6) is 0.0570. The number of aromatic nitrogens is 3. The van der Waals surface area contributed by atoms with E-state index in [2.05, 4.69) is 26.8 Å². The molecule has 9 nitrogen and oxygen atoms in total. The van der Waals surface area contributed by atoms with Gasteiger partial charge in [-0.25, -0.2) is 19.3 Å². The highest BCUT2D eigenvalue weighted by Crippen LogP contribution is 2.51. The number of amides is 1. The molecule has 2 saturated heterocycles. The van der Waals surface area contributed by atoms with Gasteiger partial charge in [0, 0.05) is 49.2 Å². The lowest BCUT2D eigenvalue weighted by Gasteiger charge is -2.59. The third kappa shape index (κ3) is 5.68. The molecule has 3 fully saturated rings. The van der Waals surface area contributed by atoms with Crippen LogP contribution in [0.15, 0.2) is 67.4 Å². The Balaban J connectivity index is 1.04. The minimum absolute atomic E-state index is 0.0853. The molecular formula is C34H34F2N6O3. The van der Waals surface area contributed by atoms with Gasteiger partial charge in [0.05, 0.1) is 29.3 Å². The van der Waals surface area contributed by atoms with Crippen molar-refractivity contribution in [2.45, 2.75) is 38.3 Å². The zero-order valence-corrected chi connectivity index (χ0v) is 25.0. The second-order valence-electron chi connectivity index (χ2n) is 12.1. The maximum atomic E-state index is 14.3. The Morgan fingerprint density at radius 1 is 1.11 bits per heavy atom. The van der Waals surface area contributed by atoms with Crippen molar-refractivity contribution in [2.75, 3.05) is 32.8 Å². The Bertz CT molecular complexity index is 1770. The first-order valence-corrected chi connectivity index (χ1v) is 15.3. The average Bonchev–Trinajstić information content (AvgIpc) is 3.42. The van der Waals surface area contributed by atoms with Gasteiger partial charge in [-0.1, -0.05) is 24.8 Å². The molecule has 1 saturated carbocycles. The molecule has 2 aliphatic heterocycles. The molecule has 1 amide bonds. The molecule has 3 aromatic heterocycles. The predicted octanol–water partition coefficient (Wildman–Crippen LogP) is 5.43. The summed E-state index contributed by atoms with van der Waals surface area (Å²) in [7, 11) is 0. The predicted molar refractivity (Wildman–Crippen MR) is 166 cm³/mol. The SMILES string of the molecule is C=C(c1ccc2cccc(F)c2n1)N1CC2(CC(Oc3ccc(-c4cccnc4OCC)nc3C(=O)NC3CCN(F)C3)C2)C1. The maximum Gasteiger partial charge on any atom is 0.274 e. The van der Waals surface area contributed by atoms with Crippen molar-refractivity contribution in [1.82, 2.24) is 30.3 Å². The van der Waals surface area contributed by atoms with E-state index >= 15 is 0 Å². The molecule has 0 radical (unpaired) electrons. The minimum Gasteiger partial charge on any atom is -0.488 e. The number of hydrogen-bond acceptors (Lipinski definition) is 8. The fourth-order valence-electron chi connectivity index (χ4n) is 6.60.